The number of benzene rings is 1. The van der Waals surface area contributed by atoms with Crippen molar-refractivity contribution in [3.63, 3.8) is 0 Å². The third-order valence-corrected chi connectivity index (χ3v) is 2.86. The molecule has 5 nitrogen and oxygen atoms in total. The molecule has 0 bridgehead atoms. The zero-order valence-corrected chi connectivity index (χ0v) is 10.5. The molecule has 0 radical (unpaired) electrons. The summed E-state index contributed by atoms with van der Waals surface area (Å²) < 4.78 is 28.3. The predicted molar refractivity (Wildman–Crippen MR) is 69.1 cm³/mol. The van der Waals surface area contributed by atoms with Gasteiger partial charge < -0.3 is 10.8 Å². The van der Waals surface area contributed by atoms with E-state index in [1.165, 1.54) is 4.68 Å². The van der Waals surface area contributed by atoms with Crippen LogP contribution in [0.3, 0.4) is 0 Å². The van der Waals surface area contributed by atoms with Crippen LogP contribution in [0.15, 0.2) is 18.2 Å². The molecule has 0 aliphatic heterocycles. The molecular weight excluding hydrogens is 268 g/mol. The van der Waals surface area contributed by atoms with Crippen molar-refractivity contribution in [3.8, 4) is 11.3 Å². The van der Waals surface area contributed by atoms with E-state index in [0.717, 1.165) is 18.2 Å². The predicted octanol–water partition coefficient (Wildman–Crippen LogP) is 1.61. The van der Waals surface area contributed by atoms with Crippen LogP contribution in [0.1, 0.15) is 16.8 Å². The lowest BCUT2D eigenvalue weighted by atomic mass is 10.1. The first-order valence-electron chi connectivity index (χ1n) is 5.96. The van der Waals surface area contributed by atoms with Crippen LogP contribution in [0, 0.1) is 11.6 Å². The molecule has 7 heteroatoms. The van der Waals surface area contributed by atoms with Gasteiger partial charge in [0.15, 0.2) is 6.29 Å². The quantitative estimate of drug-likeness (QED) is 0.816. The van der Waals surface area contributed by atoms with Crippen LogP contribution < -0.4 is 5.73 Å². The van der Waals surface area contributed by atoms with Gasteiger partial charge in [0.05, 0.1) is 5.56 Å². The molecule has 0 aliphatic carbocycles. The molecule has 3 N–H and O–H groups in total. The zero-order valence-electron chi connectivity index (χ0n) is 10.5. The molecule has 2 aromatic rings. The van der Waals surface area contributed by atoms with E-state index < -0.39 is 11.6 Å². The van der Waals surface area contributed by atoms with Crippen LogP contribution in [-0.2, 0) is 6.54 Å². The normalized spacial score (nSPS) is 10.8. The number of nitrogens with zero attached hydrogens (tertiary/aromatic N) is 2. The van der Waals surface area contributed by atoms with Crippen molar-refractivity contribution in [3.05, 3.63) is 35.4 Å². The molecule has 0 spiro atoms. The third-order valence-electron chi connectivity index (χ3n) is 2.86. The number of nitrogen functional groups attached to an aromatic ring is 1. The van der Waals surface area contributed by atoms with Crippen molar-refractivity contribution in [2.45, 2.75) is 13.0 Å². The number of aldehydes is 1. The smallest absolute Gasteiger partial charge is 0.156 e. The van der Waals surface area contributed by atoms with Gasteiger partial charge in [-0.2, -0.15) is 5.10 Å². The number of rotatable bonds is 5. The molecule has 0 saturated carbocycles. The molecule has 0 amide bonds. The second-order valence-electron chi connectivity index (χ2n) is 4.19. The van der Waals surface area contributed by atoms with Gasteiger partial charge in [0, 0.05) is 18.7 Å². The van der Waals surface area contributed by atoms with Crippen molar-refractivity contribution < 1.29 is 18.7 Å². The lowest BCUT2D eigenvalue weighted by Gasteiger charge is -2.01. The highest BCUT2D eigenvalue weighted by Gasteiger charge is 2.19. The summed E-state index contributed by atoms with van der Waals surface area (Å²) in [6, 6.07) is 2.90. The topological polar surface area (TPSA) is 81.1 Å². The highest BCUT2D eigenvalue weighted by atomic mass is 19.1. The highest BCUT2D eigenvalue weighted by Crippen LogP contribution is 2.28. The molecule has 0 saturated heterocycles. The van der Waals surface area contributed by atoms with Crippen molar-refractivity contribution in [2.24, 2.45) is 0 Å². The van der Waals surface area contributed by atoms with Crippen molar-refractivity contribution in [1.82, 2.24) is 9.78 Å². The number of halogens is 2. The van der Waals surface area contributed by atoms with Gasteiger partial charge in [-0.15, -0.1) is 0 Å². The minimum absolute atomic E-state index is 0.00689. The van der Waals surface area contributed by atoms with Gasteiger partial charge in [-0.25, -0.2) is 13.5 Å². The van der Waals surface area contributed by atoms with E-state index in [2.05, 4.69) is 5.10 Å². The molecule has 0 unspecified atom stereocenters. The Hall–Kier alpha value is -2.28. The molecular formula is C13H13F2N3O2. The van der Waals surface area contributed by atoms with Crippen LogP contribution in [0.5, 0.6) is 0 Å². The van der Waals surface area contributed by atoms with Crippen LogP contribution in [0.4, 0.5) is 14.6 Å². The number of carbonyl (C=O) groups is 1. The maximum atomic E-state index is 13.8. The van der Waals surface area contributed by atoms with Gasteiger partial charge in [-0.1, -0.05) is 0 Å². The minimum Gasteiger partial charge on any atom is -0.396 e. The fourth-order valence-electron chi connectivity index (χ4n) is 1.87. The fourth-order valence-corrected chi connectivity index (χ4v) is 1.87. The third kappa shape index (κ3) is 2.53. The van der Waals surface area contributed by atoms with Crippen molar-refractivity contribution in [2.75, 3.05) is 12.3 Å². The molecule has 20 heavy (non-hydrogen) atoms. The Morgan fingerprint density at radius 2 is 2.15 bits per heavy atom. The van der Waals surface area contributed by atoms with E-state index in [0.29, 0.717) is 12.7 Å². The summed E-state index contributed by atoms with van der Waals surface area (Å²) in [6.07, 6.45) is 0.840. The van der Waals surface area contributed by atoms with Gasteiger partial charge in [-0.05, 0) is 24.6 Å². The average molecular weight is 281 g/mol. The van der Waals surface area contributed by atoms with E-state index >= 15 is 0 Å². The maximum Gasteiger partial charge on any atom is 0.156 e. The first kappa shape index (κ1) is 14.1. The maximum absolute atomic E-state index is 13.8. The van der Waals surface area contributed by atoms with E-state index in [-0.39, 0.29) is 35.8 Å². The standard InChI is InChI=1S/C13H13F2N3O2/c14-8-2-3-11(15)9(6-8)12-10(7-20)13(16)18(17-12)4-1-5-19/h2-3,6-7,19H,1,4-5,16H2. The second kappa shape index (κ2) is 5.79. The summed E-state index contributed by atoms with van der Waals surface area (Å²) in [5.74, 6) is -1.27. The molecule has 1 aromatic heterocycles. The first-order valence-corrected chi connectivity index (χ1v) is 5.96. The first-order chi connectivity index (χ1) is 9.58. The van der Waals surface area contributed by atoms with Crippen LogP contribution in [-0.4, -0.2) is 27.8 Å². The van der Waals surface area contributed by atoms with Crippen LogP contribution in [0.2, 0.25) is 0 Å². The van der Waals surface area contributed by atoms with Gasteiger partial charge in [-0.3, -0.25) is 4.79 Å². The molecule has 0 fully saturated rings. The van der Waals surface area contributed by atoms with E-state index in [1.807, 2.05) is 0 Å². The van der Waals surface area contributed by atoms with Crippen molar-refractivity contribution >= 4 is 12.1 Å². The number of carbonyl (C=O) groups excluding carboxylic acids is 1. The number of aliphatic hydroxyl groups excluding tert-OH is 1. The van der Waals surface area contributed by atoms with Gasteiger partial charge in [0.25, 0.3) is 0 Å². The molecule has 2 rings (SSSR count). The average Bonchev–Trinajstić information content (AvgIpc) is 2.75. The Bertz CT molecular complexity index is 641. The summed E-state index contributed by atoms with van der Waals surface area (Å²) in [7, 11) is 0. The Morgan fingerprint density at radius 1 is 1.40 bits per heavy atom. The number of hydrogen-bond acceptors (Lipinski definition) is 4. The lowest BCUT2D eigenvalue weighted by Crippen LogP contribution is -2.06. The Labute approximate surface area is 113 Å². The van der Waals surface area contributed by atoms with Crippen LogP contribution >= 0.6 is 0 Å². The van der Waals surface area contributed by atoms with Gasteiger partial charge in [0.2, 0.25) is 0 Å². The Balaban J connectivity index is 2.55. The van der Waals surface area contributed by atoms with E-state index in [9.17, 15) is 13.6 Å². The van der Waals surface area contributed by atoms with E-state index in [1.54, 1.807) is 0 Å². The zero-order chi connectivity index (χ0) is 14.7. The highest BCUT2D eigenvalue weighted by molar-refractivity contribution is 5.91. The minimum atomic E-state index is -0.693. The SMILES string of the molecule is Nc1c(C=O)c(-c2cc(F)ccc2F)nn1CCCO. The largest absolute Gasteiger partial charge is 0.396 e. The summed E-state index contributed by atoms with van der Waals surface area (Å²) in [6.45, 7) is 0.208. The number of anilines is 1. The number of aliphatic hydroxyl groups is 1. The Kier molecular flexibility index (Phi) is 4.09. The molecule has 1 heterocycles. The summed E-state index contributed by atoms with van der Waals surface area (Å²) >= 11 is 0. The summed E-state index contributed by atoms with van der Waals surface area (Å²) in [5.41, 5.74) is 5.63. The molecule has 106 valence electrons. The number of aryl methyl sites for hydroxylation is 1. The van der Waals surface area contributed by atoms with Gasteiger partial charge >= 0.3 is 0 Å². The lowest BCUT2D eigenvalue weighted by molar-refractivity contribution is 0.112. The number of nitrogens with two attached hydrogens (primary N) is 1. The summed E-state index contributed by atoms with van der Waals surface area (Å²) in [4.78, 5) is 11.1. The van der Waals surface area contributed by atoms with Crippen molar-refractivity contribution in [1.29, 1.82) is 0 Å². The second-order valence-corrected chi connectivity index (χ2v) is 4.19. The Morgan fingerprint density at radius 3 is 2.80 bits per heavy atom. The molecule has 0 aliphatic rings. The molecule has 0 atom stereocenters. The van der Waals surface area contributed by atoms with Crippen LogP contribution in [0.25, 0.3) is 11.3 Å². The monoisotopic (exact) mass is 281 g/mol. The number of hydrogen-bond donors (Lipinski definition) is 2. The fraction of sp³-hybridized carbons (Fsp3) is 0.231. The van der Waals surface area contributed by atoms with E-state index in [4.69, 9.17) is 10.8 Å². The number of aromatic nitrogens is 2. The summed E-state index contributed by atoms with van der Waals surface area (Å²) in [5, 5.41) is 12.8. The van der Waals surface area contributed by atoms with Gasteiger partial charge in [0.1, 0.15) is 23.1 Å². The molecule has 1 aromatic carbocycles.